The molecule has 0 aromatic heterocycles. The van der Waals surface area contributed by atoms with Gasteiger partial charge in [-0.25, -0.2) is 0 Å². The van der Waals surface area contributed by atoms with E-state index in [1.807, 2.05) is 11.8 Å². The molecule has 0 aromatic carbocycles. The quantitative estimate of drug-likeness (QED) is 0.766. The monoisotopic (exact) mass is 299 g/mol. The number of likely N-dealkylation sites (tertiary alicyclic amines) is 1. The molecule has 0 bridgehead atoms. The van der Waals surface area contributed by atoms with Crippen molar-refractivity contribution in [3.63, 3.8) is 0 Å². The van der Waals surface area contributed by atoms with Crippen molar-refractivity contribution in [3.05, 3.63) is 0 Å². The maximum atomic E-state index is 12.4. The second-order valence-electron chi connectivity index (χ2n) is 6.14. The molecule has 2 fully saturated rings. The van der Waals surface area contributed by atoms with Gasteiger partial charge in [0.05, 0.1) is 10.7 Å². The third kappa shape index (κ3) is 2.83. The molecule has 1 amide bonds. The largest absolute Gasteiger partial charge is 0.481 e. The highest BCUT2D eigenvalue weighted by atomic mass is 32.2. The van der Waals surface area contributed by atoms with Crippen LogP contribution >= 0.6 is 11.8 Å². The van der Waals surface area contributed by atoms with Crippen LogP contribution in [0.4, 0.5) is 0 Å². The normalized spacial score (nSPS) is 30.3. The molecule has 20 heavy (non-hydrogen) atoms. The summed E-state index contributed by atoms with van der Waals surface area (Å²) < 4.78 is 0. The molecule has 1 heterocycles. The van der Waals surface area contributed by atoms with Crippen molar-refractivity contribution >= 4 is 23.6 Å². The molecule has 2 aliphatic rings. The molecule has 1 aliphatic heterocycles. The SMILES string of the molecule is CCCCSC(C)C(=O)N1C[C@@H]2CCC[C@@]2(C(=O)O)C1. The lowest BCUT2D eigenvalue weighted by atomic mass is 9.81. The summed E-state index contributed by atoms with van der Waals surface area (Å²) in [5.74, 6) is 0.588. The molecule has 4 nitrogen and oxygen atoms in total. The number of hydrogen-bond acceptors (Lipinski definition) is 3. The van der Waals surface area contributed by atoms with E-state index in [4.69, 9.17) is 0 Å². The lowest BCUT2D eigenvalue weighted by Crippen LogP contribution is -2.39. The number of carbonyl (C=O) groups excluding carboxylic acids is 1. The predicted molar refractivity (Wildman–Crippen MR) is 80.8 cm³/mol. The number of thioether (sulfide) groups is 1. The van der Waals surface area contributed by atoms with Gasteiger partial charge >= 0.3 is 5.97 Å². The summed E-state index contributed by atoms with van der Waals surface area (Å²) in [6.45, 7) is 5.16. The van der Waals surface area contributed by atoms with E-state index >= 15 is 0 Å². The Balaban J connectivity index is 1.95. The first-order valence-electron chi connectivity index (χ1n) is 7.65. The molecular formula is C15H25NO3S. The predicted octanol–water partition coefficient (Wildman–Crippen LogP) is 2.62. The van der Waals surface area contributed by atoms with E-state index in [0.29, 0.717) is 13.1 Å². The van der Waals surface area contributed by atoms with Crippen molar-refractivity contribution in [2.75, 3.05) is 18.8 Å². The van der Waals surface area contributed by atoms with Crippen LogP contribution in [0.2, 0.25) is 0 Å². The second kappa shape index (κ2) is 6.37. The van der Waals surface area contributed by atoms with Crippen LogP contribution in [0.25, 0.3) is 0 Å². The first-order chi connectivity index (χ1) is 9.51. The van der Waals surface area contributed by atoms with Crippen molar-refractivity contribution in [2.45, 2.75) is 51.2 Å². The molecular weight excluding hydrogens is 274 g/mol. The van der Waals surface area contributed by atoms with E-state index < -0.39 is 11.4 Å². The zero-order valence-corrected chi connectivity index (χ0v) is 13.2. The van der Waals surface area contributed by atoms with E-state index in [1.54, 1.807) is 11.8 Å². The lowest BCUT2D eigenvalue weighted by molar-refractivity contribution is -0.149. The van der Waals surface area contributed by atoms with Crippen molar-refractivity contribution in [1.29, 1.82) is 0 Å². The summed E-state index contributed by atoms with van der Waals surface area (Å²) in [5.41, 5.74) is -0.649. The molecule has 0 aromatic rings. The maximum absolute atomic E-state index is 12.4. The number of nitrogens with zero attached hydrogens (tertiary/aromatic N) is 1. The number of carbonyl (C=O) groups is 2. The van der Waals surface area contributed by atoms with Gasteiger partial charge in [0.2, 0.25) is 5.91 Å². The Labute approximate surface area is 125 Å². The molecule has 1 N–H and O–H groups in total. The van der Waals surface area contributed by atoms with Gasteiger partial charge in [-0.2, -0.15) is 0 Å². The zero-order chi connectivity index (χ0) is 14.8. The Morgan fingerprint density at radius 2 is 2.25 bits per heavy atom. The summed E-state index contributed by atoms with van der Waals surface area (Å²) in [7, 11) is 0. The molecule has 0 spiro atoms. The smallest absolute Gasteiger partial charge is 0.311 e. The van der Waals surface area contributed by atoms with E-state index in [9.17, 15) is 14.7 Å². The fraction of sp³-hybridized carbons (Fsp3) is 0.867. The number of fused-ring (bicyclic) bond motifs is 1. The van der Waals surface area contributed by atoms with Crippen LogP contribution in [-0.2, 0) is 9.59 Å². The highest BCUT2D eigenvalue weighted by Crippen LogP contribution is 2.49. The highest BCUT2D eigenvalue weighted by molar-refractivity contribution is 8.00. The molecule has 114 valence electrons. The Bertz CT molecular complexity index is 387. The first kappa shape index (κ1) is 15.7. The Morgan fingerprint density at radius 3 is 2.85 bits per heavy atom. The zero-order valence-electron chi connectivity index (χ0n) is 12.4. The molecule has 5 heteroatoms. The van der Waals surface area contributed by atoms with Gasteiger partial charge < -0.3 is 10.0 Å². The summed E-state index contributed by atoms with van der Waals surface area (Å²) >= 11 is 1.69. The van der Waals surface area contributed by atoms with Crippen LogP contribution in [0, 0.1) is 11.3 Å². The maximum Gasteiger partial charge on any atom is 0.311 e. The number of aliphatic carboxylic acids is 1. The third-order valence-electron chi connectivity index (χ3n) is 4.82. The van der Waals surface area contributed by atoms with Crippen LogP contribution < -0.4 is 0 Å². The topological polar surface area (TPSA) is 57.6 Å². The third-order valence-corrected chi connectivity index (χ3v) is 6.05. The average molecular weight is 299 g/mol. The van der Waals surface area contributed by atoms with Crippen LogP contribution in [0.5, 0.6) is 0 Å². The molecule has 1 saturated heterocycles. The van der Waals surface area contributed by atoms with Gasteiger partial charge in [-0.05, 0) is 37.9 Å². The number of hydrogen-bond donors (Lipinski definition) is 1. The van der Waals surface area contributed by atoms with E-state index in [0.717, 1.165) is 37.9 Å². The van der Waals surface area contributed by atoms with Gasteiger partial charge in [-0.3, -0.25) is 9.59 Å². The van der Waals surface area contributed by atoms with Crippen molar-refractivity contribution in [3.8, 4) is 0 Å². The van der Waals surface area contributed by atoms with E-state index in [-0.39, 0.29) is 17.1 Å². The van der Waals surface area contributed by atoms with Crippen molar-refractivity contribution < 1.29 is 14.7 Å². The van der Waals surface area contributed by atoms with Gasteiger partial charge in [-0.15, -0.1) is 11.8 Å². The summed E-state index contributed by atoms with van der Waals surface area (Å²) in [4.78, 5) is 25.9. The van der Waals surface area contributed by atoms with Gasteiger partial charge in [0, 0.05) is 13.1 Å². The number of unbranched alkanes of at least 4 members (excludes halogenated alkanes) is 1. The number of rotatable bonds is 6. The van der Waals surface area contributed by atoms with Crippen LogP contribution in [0.15, 0.2) is 0 Å². The van der Waals surface area contributed by atoms with Crippen molar-refractivity contribution in [1.82, 2.24) is 4.90 Å². The standard InChI is InChI=1S/C15H25NO3S/c1-3-4-8-20-11(2)13(17)16-9-12-6-5-7-15(12,10-16)14(18)19/h11-12H,3-10H2,1-2H3,(H,18,19)/t11?,12-,15+/m0/s1. The van der Waals surface area contributed by atoms with Gasteiger partial charge in [0.1, 0.15) is 0 Å². The summed E-state index contributed by atoms with van der Waals surface area (Å²) in [6, 6.07) is 0. The molecule has 1 saturated carbocycles. The average Bonchev–Trinajstić information content (AvgIpc) is 2.95. The Morgan fingerprint density at radius 1 is 1.50 bits per heavy atom. The molecule has 1 unspecified atom stereocenters. The minimum absolute atomic E-state index is 0.0498. The minimum Gasteiger partial charge on any atom is -0.481 e. The fourth-order valence-electron chi connectivity index (χ4n) is 3.54. The Kier molecular flexibility index (Phi) is 4.99. The van der Waals surface area contributed by atoms with Crippen LogP contribution in [0.1, 0.15) is 46.0 Å². The highest BCUT2D eigenvalue weighted by Gasteiger charge is 2.55. The molecule has 0 radical (unpaired) electrons. The summed E-state index contributed by atoms with van der Waals surface area (Å²) in [5, 5.41) is 9.49. The summed E-state index contributed by atoms with van der Waals surface area (Å²) in [6.07, 6.45) is 4.94. The van der Waals surface area contributed by atoms with Gasteiger partial charge in [0.25, 0.3) is 0 Å². The number of carboxylic acid groups (broad SMARTS) is 1. The van der Waals surface area contributed by atoms with Crippen LogP contribution in [-0.4, -0.2) is 46.0 Å². The molecule has 2 rings (SSSR count). The molecule has 3 atom stereocenters. The fourth-order valence-corrected chi connectivity index (χ4v) is 4.64. The Hall–Kier alpha value is -0.710. The van der Waals surface area contributed by atoms with Gasteiger partial charge in [0.15, 0.2) is 0 Å². The second-order valence-corrected chi connectivity index (χ2v) is 7.58. The van der Waals surface area contributed by atoms with Crippen LogP contribution in [0.3, 0.4) is 0 Å². The molecule has 1 aliphatic carbocycles. The number of amides is 1. The number of carboxylic acids is 1. The van der Waals surface area contributed by atoms with Crippen molar-refractivity contribution in [2.24, 2.45) is 11.3 Å². The lowest BCUT2D eigenvalue weighted by Gasteiger charge is -2.24. The van der Waals surface area contributed by atoms with Gasteiger partial charge in [-0.1, -0.05) is 19.8 Å². The minimum atomic E-state index is -0.707. The van der Waals surface area contributed by atoms with E-state index in [1.165, 1.54) is 0 Å². The van der Waals surface area contributed by atoms with E-state index in [2.05, 4.69) is 6.92 Å². The first-order valence-corrected chi connectivity index (χ1v) is 8.70.